The third kappa shape index (κ3) is 3.30. The molecule has 5 rings (SSSR count). The van der Waals surface area contributed by atoms with Gasteiger partial charge in [0.1, 0.15) is 11.6 Å². The van der Waals surface area contributed by atoms with Gasteiger partial charge in [0.25, 0.3) is 0 Å². The zero-order valence-electron chi connectivity index (χ0n) is 16.2. The standard InChI is InChI=1S/C22H22N6O/c1-15-14-27(9-10-29-15)21-11-20(23)28-22(26-21)18(13-25-28)17-7-8-19(24-12-17)16-5-3-2-4-6-16/h2-8,11-13,15H,9-10,14,23H2,1H3. The zero-order chi connectivity index (χ0) is 19.8. The average molecular weight is 386 g/mol. The van der Waals surface area contributed by atoms with E-state index in [1.807, 2.05) is 42.6 Å². The monoisotopic (exact) mass is 386 g/mol. The Morgan fingerprint density at radius 1 is 1.07 bits per heavy atom. The van der Waals surface area contributed by atoms with Crippen molar-refractivity contribution in [1.29, 1.82) is 0 Å². The fourth-order valence-corrected chi connectivity index (χ4v) is 3.70. The molecule has 1 saturated heterocycles. The van der Waals surface area contributed by atoms with Crippen LogP contribution in [0.15, 0.2) is 60.9 Å². The molecule has 0 bridgehead atoms. The summed E-state index contributed by atoms with van der Waals surface area (Å²) in [6.07, 6.45) is 3.83. The average Bonchev–Trinajstić information content (AvgIpc) is 3.19. The van der Waals surface area contributed by atoms with Gasteiger partial charge >= 0.3 is 0 Å². The second kappa shape index (κ2) is 7.18. The Balaban J connectivity index is 1.53. The normalized spacial score (nSPS) is 17.0. The molecule has 1 unspecified atom stereocenters. The number of hydrogen-bond acceptors (Lipinski definition) is 6. The van der Waals surface area contributed by atoms with Gasteiger partial charge in [-0.15, -0.1) is 0 Å². The molecule has 0 amide bonds. The molecule has 0 saturated carbocycles. The van der Waals surface area contributed by atoms with Gasteiger partial charge in [0.05, 0.1) is 24.6 Å². The van der Waals surface area contributed by atoms with Gasteiger partial charge in [-0.25, -0.2) is 4.98 Å². The minimum atomic E-state index is 0.169. The fourth-order valence-electron chi connectivity index (χ4n) is 3.70. The molecule has 1 aliphatic rings. The summed E-state index contributed by atoms with van der Waals surface area (Å²) in [7, 11) is 0. The number of fused-ring (bicyclic) bond motifs is 1. The van der Waals surface area contributed by atoms with Crippen molar-refractivity contribution in [1.82, 2.24) is 19.6 Å². The van der Waals surface area contributed by atoms with Gasteiger partial charge in [0.2, 0.25) is 0 Å². The molecule has 2 N–H and O–H groups in total. The van der Waals surface area contributed by atoms with Gasteiger partial charge in [-0.2, -0.15) is 9.61 Å². The molecular formula is C22H22N6O. The second-order valence-electron chi connectivity index (χ2n) is 7.26. The highest BCUT2D eigenvalue weighted by Crippen LogP contribution is 2.28. The molecule has 1 fully saturated rings. The molecule has 4 aromatic rings. The van der Waals surface area contributed by atoms with E-state index >= 15 is 0 Å². The van der Waals surface area contributed by atoms with Crippen LogP contribution in [0, 0.1) is 0 Å². The molecular weight excluding hydrogens is 364 g/mol. The Morgan fingerprint density at radius 3 is 2.69 bits per heavy atom. The number of nitrogens with zero attached hydrogens (tertiary/aromatic N) is 5. The van der Waals surface area contributed by atoms with Crippen LogP contribution in [0.1, 0.15) is 6.92 Å². The first kappa shape index (κ1) is 17.6. The lowest BCUT2D eigenvalue weighted by Crippen LogP contribution is -2.41. The number of hydrogen-bond donors (Lipinski definition) is 1. The summed E-state index contributed by atoms with van der Waals surface area (Å²) in [4.78, 5) is 11.7. The van der Waals surface area contributed by atoms with Gasteiger partial charge in [0.15, 0.2) is 5.65 Å². The minimum Gasteiger partial charge on any atom is -0.383 e. The Hall–Kier alpha value is -3.45. The molecule has 1 aromatic carbocycles. The van der Waals surface area contributed by atoms with Crippen LogP contribution in [-0.4, -0.2) is 45.4 Å². The van der Waals surface area contributed by atoms with Crippen molar-refractivity contribution in [3.63, 3.8) is 0 Å². The third-order valence-corrected chi connectivity index (χ3v) is 5.19. The van der Waals surface area contributed by atoms with Crippen molar-refractivity contribution < 1.29 is 4.74 Å². The predicted octanol–water partition coefficient (Wildman–Crippen LogP) is 3.27. The van der Waals surface area contributed by atoms with E-state index in [1.165, 1.54) is 0 Å². The van der Waals surface area contributed by atoms with Crippen LogP contribution in [0.2, 0.25) is 0 Å². The summed E-state index contributed by atoms with van der Waals surface area (Å²) in [5.74, 6) is 1.41. The lowest BCUT2D eigenvalue weighted by molar-refractivity contribution is 0.0529. The molecule has 146 valence electrons. The number of benzene rings is 1. The summed E-state index contributed by atoms with van der Waals surface area (Å²) in [6, 6.07) is 16.1. The molecule has 7 heteroatoms. The maximum atomic E-state index is 6.28. The topological polar surface area (TPSA) is 81.6 Å². The predicted molar refractivity (Wildman–Crippen MR) is 114 cm³/mol. The fraction of sp³-hybridized carbons (Fsp3) is 0.227. The first-order valence-electron chi connectivity index (χ1n) is 9.72. The molecule has 4 heterocycles. The van der Waals surface area contributed by atoms with E-state index in [1.54, 1.807) is 10.7 Å². The van der Waals surface area contributed by atoms with E-state index in [4.69, 9.17) is 15.5 Å². The molecule has 3 aromatic heterocycles. The van der Waals surface area contributed by atoms with Crippen LogP contribution in [0.5, 0.6) is 0 Å². The highest BCUT2D eigenvalue weighted by atomic mass is 16.5. The highest BCUT2D eigenvalue weighted by molar-refractivity contribution is 5.79. The van der Waals surface area contributed by atoms with Crippen LogP contribution >= 0.6 is 0 Å². The number of nitrogens with two attached hydrogens (primary N) is 1. The van der Waals surface area contributed by atoms with E-state index in [0.717, 1.165) is 46.9 Å². The van der Waals surface area contributed by atoms with Gasteiger partial charge in [-0.1, -0.05) is 36.4 Å². The van der Waals surface area contributed by atoms with Gasteiger partial charge in [0, 0.05) is 42.0 Å². The maximum Gasteiger partial charge on any atom is 0.167 e. The number of ether oxygens (including phenoxy) is 1. The summed E-state index contributed by atoms with van der Waals surface area (Å²) >= 11 is 0. The summed E-state index contributed by atoms with van der Waals surface area (Å²) in [5.41, 5.74) is 10.9. The molecule has 1 atom stereocenters. The zero-order valence-corrected chi connectivity index (χ0v) is 16.2. The minimum absolute atomic E-state index is 0.169. The van der Waals surface area contributed by atoms with E-state index in [-0.39, 0.29) is 6.10 Å². The van der Waals surface area contributed by atoms with Crippen molar-refractivity contribution in [3.8, 4) is 22.4 Å². The number of nitrogen functional groups attached to an aromatic ring is 1. The summed E-state index contributed by atoms with van der Waals surface area (Å²) < 4.78 is 7.32. The van der Waals surface area contributed by atoms with Crippen LogP contribution in [0.3, 0.4) is 0 Å². The molecule has 0 spiro atoms. The number of anilines is 2. The van der Waals surface area contributed by atoms with Crippen molar-refractivity contribution >= 4 is 17.3 Å². The van der Waals surface area contributed by atoms with Crippen LogP contribution in [-0.2, 0) is 4.74 Å². The quantitative estimate of drug-likeness (QED) is 0.582. The molecule has 29 heavy (non-hydrogen) atoms. The summed E-state index contributed by atoms with van der Waals surface area (Å²) in [5, 5.41) is 4.43. The largest absolute Gasteiger partial charge is 0.383 e. The van der Waals surface area contributed by atoms with Crippen LogP contribution < -0.4 is 10.6 Å². The van der Waals surface area contributed by atoms with Gasteiger partial charge in [-0.3, -0.25) is 4.98 Å². The summed E-state index contributed by atoms with van der Waals surface area (Å²) in [6.45, 7) is 4.34. The Bertz CT molecular complexity index is 1140. The molecule has 7 nitrogen and oxygen atoms in total. The first-order valence-corrected chi connectivity index (χ1v) is 9.72. The van der Waals surface area contributed by atoms with Crippen molar-refractivity contribution in [2.75, 3.05) is 30.3 Å². The van der Waals surface area contributed by atoms with Crippen molar-refractivity contribution in [3.05, 3.63) is 60.9 Å². The Labute approximate surface area is 168 Å². The third-order valence-electron chi connectivity index (χ3n) is 5.19. The first-order chi connectivity index (χ1) is 14.2. The van der Waals surface area contributed by atoms with E-state index in [2.05, 4.69) is 34.0 Å². The Kier molecular flexibility index (Phi) is 4.37. The van der Waals surface area contributed by atoms with E-state index in [9.17, 15) is 0 Å². The van der Waals surface area contributed by atoms with Crippen LogP contribution in [0.4, 0.5) is 11.6 Å². The Morgan fingerprint density at radius 2 is 1.93 bits per heavy atom. The molecule has 0 radical (unpaired) electrons. The number of pyridine rings is 1. The SMILES string of the molecule is CC1CN(c2cc(N)n3ncc(-c4ccc(-c5ccccc5)nc4)c3n2)CCO1. The van der Waals surface area contributed by atoms with Gasteiger partial charge < -0.3 is 15.4 Å². The van der Waals surface area contributed by atoms with Gasteiger partial charge in [-0.05, 0) is 13.0 Å². The smallest absolute Gasteiger partial charge is 0.167 e. The molecule has 1 aliphatic heterocycles. The highest BCUT2D eigenvalue weighted by Gasteiger charge is 2.20. The van der Waals surface area contributed by atoms with Crippen molar-refractivity contribution in [2.45, 2.75) is 13.0 Å². The molecule has 0 aliphatic carbocycles. The lowest BCUT2D eigenvalue weighted by Gasteiger charge is -2.32. The maximum absolute atomic E-state index is 6.28. The lowest BCUT2D eigenvalue weighted by atomic mass is 10.1. The number of morpholine rings is 1. The number of aromatic nitrogens is 4. The van der Waals surface area contributed by atoms with Crippen molar-refractivity contribution in [2.24, 2.45) is 0 Å². The van der Waals surface area contributed by atoms with E-state index < -0.39 is 0 Å². The van der Waals surface area contributed by atoms with E-state index in [0.29, 0.717) is 12.4 Å². The number of rotatable bonds is 3. The second-order valence-corrected chi connectivity index (χ2v) is 7.26. The van der Waals surface area contributed by atoms with Crippen LogP contribution in [0.25, 0.3) is 28.0 Å².